The zero-order valence-corrected chi connectivity index (χ0v) is 22.3. The second kappa shape index (κ2) is 10.7. The van der Waals surface area contributed by atoms with Crippen LogP contribution in [0.1, 0.15) is 0 Å². The van der Waals surface area contributed by atoms with Crippen molar-refractivity contribution in [1.29, 1.82) is 0 Å². The molecule has 0 aromatic heterocycles. The molecule has 0 fully saturated rings. The summed E-state index contributed by atoms with van der Waals surface area (Å²) in [7, 11) is 0. The minimum absolute atomic E-state index is 0. The van der Waals surface area contributed by atoms with Crippen LogP contribution in [0, 0.1) is 0 Å². The van der Waals surface area contributed by atoms with E-state index in [1.54, 1.807) is 0 Å². The Bertz CT molecular complexity index is 1470. The van der Waals surface area contributed by atoms with Crippen LogP contribution in [0.15, 0.2) is 146 Å². The van der Waals surface area contributed by atoms with E-state index in [4.69, 9.17) is 0 Å². The van der Waals surface area contributed by atoms with E-state index in [1.807, 2.05) is 0 Å². The maximum absolute atomic E-state index is 2.21. The Kier molecular flexibility index (Phi) is 7.20. The van der Waals surface area contributed by atoms with Crippen molar-refractivity contribution in [3.8, 4) is 0 Å². The maximum Gasteiger partial charge on any atom is -0.00990 e. The Hall–Kier alpha value is -4.10. The predicted molar refractivity (Wildman–Crippen MR) is 172 cm³/mol. The zero-order chi connectivity index (χ0) is 23.9. The molecule has 0 amide bonds. The van der Waals surface area contributed by atoms with Gasteiger partial charge in [0.15, 0.2) is 0 Å². The molecule has 8 rings (SSSR count). The van der Waals surface area contributed by atoms with Gasteiger partial charge in [-0.05, 0) is 64.6 Å². The third kappa shape index (κ3) is 4.13. The monoisotopic (exact) mass is 528 g/mol. The minimum Gasteiger partial charge on any atom is -0.147 e. The van der Waals surface area contributed by atoms with Gasteiger partial charge in [0, 0.05) is 0 Å². The summed E-state index contributed by atoms with van der Waals surface area (Å²) in [5, 5.41) is 16.1. The Morgan fingerprint density at radius 2 is 0.237 bits per heavy atom. The summed E-state index contributed by atoms with van der Waals surface area (Å²) >= 11 is 0. The lowest BCUT2D eigenvalue weighted by molar-refractivity contribution is 1.77. The number of fused-ring (bicyclic) bond motifs is 12. The molecule has 0 nitrogen and oxygen atoms in total. The van der Waals surface area contributed by atoms with Gasteiger partial charge in [-0.3, -0.25) is 0 Å². The average Bonchev–Trinajstić information content (AvgIpc) is 2.98. The molecule has 0 spiro atoms. The molecule has 0 aliphatic rings. The highest BCUT2D eigenvalue weighted by Gasteiger charge is 2.07. The number of halogens is 2. The maximum atomic E-state index is 2.21. The molecule has 0 saturated heterocycles. The van der Waals surface area contributed by atoms with E-state index in [1.165, 1.54) is 64.6 Å². The highest BCUT2D eigenvalue weighted by atomic mass is 35.5. The van der Waals surface area contributed by atoms with Crippen LogP contribution < -0.4 is 0 Å². The SMILES string of the molecule is Cl.Cl.c1ccc2c(c1)c1ccccc1c1ccccc21.c1ccc2c(c1)c1ccccc1c1ccccc21. The highest BCUT2D eigenvalue weighted by molar-refractivity contribution is 6.26. The smallest absolute Gasteiger partial charge is 0.00990 e. The molecule has 8 aromatic carbocycles. The summed E-state index contributed by atoms with van der Waals surface area (Å²) in [6.07, 6.45) is 0. The number of hydrogen-bond acceptors (Lipinski definition) is 0. The molecule has 0 atom stereocenters. The van der Waals surface area contributed by atoms with Crippen LogP contribution in [0.25, 0.3) is 64.6 Å². The number of rotatable bonds is 0. The molecule has 184 valence electrons. The first-order chi connectivity index (χ1) is 17.9. The van der Waals surface area contributed by atoms with E-state index in [-0.39, 0.29) is 24.8 Å². The predicted octanol–water partition coefficient (Wildman–Crippen LogP) is 11.1. The number of benzene rings is 8. The molecule has 0 heterocycles. The van der Waals surface area contributed by atoms with E-state index >= 15 is 0 Å². The second-order valence-corrected chi connectivity index (χ2v) is 9.27. The van der Waals surface area contributed by atoms with Crippen LogP contribution in [0.5, 0.6) is 0 Å². The van der Waals surface area contributed by atoms with Crippen molar-refractivity contribution in [2.75, 3.05) is 0 Å². The summed E-state index contributed by atoms with van der Waals surface area (Å²) < 4.78 is 0. The fourth-order valence-electron chi connectivity index (χ4n) is 5.72. The van der Waals surface area contributed by atoms with Gasteiger partial charge in [-0.2, -0.15) is 0 Å². The van der Waals surface area contributed by atoms with Crippen molar-refractivity contribution in [3.05, 3.63) is 146 Å². The van der Waals surface area contributed by atoms with Crippen molar-refractivity contribution in [1.82, 2.24) is 0 Å². The molecule has 0 unspecified atom stereocenters. The second-order valence-electron chi connectivity index (χ2n) is 9.27. The molecular weight excluding hydrogens is 503 g/mol. The fraction of sp³-hybridized carbons (Fsp3) is 0. The number of hydrogen-bond donors (Lipinski definition) is 0. The van der Waals surface area contributed by atoms with Crippen LogP contribution in [0.3, 0.4) is 0 Å². The fourth-order valence-corrected chi connectivity index (χ4v) is 5.72. The van der Waals surface area contributed by atoms with Gasteiger partial charge in [0.1, 0.15) is 0 Å². The molecule has 0 aliphatic carbocycles. The third-order valence-corrected chi connectivity index (χ3v) is 7.30. The third-order valence-electron chi connectivity index (χ3n) is 7.30. The van der Waals surface area contributed by atoms with E-state index in [9.17, 15) is 0 Å². The van der Waals surface area contributed by atoms with Crippen molar-refractivity contribution in [2.24, 2.45) is 0 Å². The molecule has 0 aliphatic heterocycles. The zero-order valence-electron chi connectivity index (χ0n) is 20.7. The first kappa shape index (κ1) is 25.5. The summed E-state index contributed by atoms with van der Waals surface area (Å²) in [6.45, 7) is 0. The summed E-state index contributed by atoms with van der Waals surface area (Å²) in [6, 6.07) is 51.9. The van der Waals surface area contributed by atoms with Gasteiger partial charge >= 0.3 is 0 Å². The van der Waals surface area contributed by atoms with Crippen LogP contribution in [-0.2, 0) is 0 Å². The van der Waals surface area contributed by atoms with Gasteiger partial charge in [-0.25, -0.2) is 0 Å². The summed E-state index contributed by atoms with van der Waals surface area (Å²) in [5.74, 6) is 0. The van der Waals surface area contributed by atoms with Gasteiger partial charge in [0.2, 0.25) is 0 Å². The van der Waals surface area contributed by atoms with Gasteiger partial charge in [-0.1, -0.05) is 146 Å². The summed E-state index contributed by atoms with van der Waals surface area (Å²) in [5.41, 5.74) is 0. The van der Waals surface area contributed by atoms with Crippen LogP contribution in [0.4, 0.5) is 0 Å². The lowest BCUT2D eigenvalue weighted by Crippen LogP contribution is -1.81. The van der Waals surface area contributed by atoms with Gasteiger partial charge in [0.25, 0.3) is 0 Å². The van der Waals surface area contributed by atoms with Gasteiger partial charge in [-0.15, -0.1) is 24.8 Å². The van der Waals surface area contributed by atoms with Crippen LogP contribution >= 0.6 is 24.8 Å². The van der Waals surface area contributed by atoms with Gasteiger partial charge < -0.3 is 0 Å². The first-order valence-corrected chi connectivity index (χ1v) is 12.5. The quantitative estimate of drug-likeness (QED) is 0.171. The molecule has 0 N–H and O–H groups in total. The molecule has 8 aromatic rings. The van der Waals surface area contributed by atoms with Crippen molar-refractivity contribution in [3.63, 3.8) is 0 Å². The standard InChI is InChI=1S/2C18H12.2ClH/c2*1-2-8-14-13(7-1)15-9-3-4-11-17(15)18-12-6-5-10-16(14)18;;/h2*1-12H;2*1H. The Labute approximate surface area is 234 Å². The molecule has 0 radical (unpaired) electrons. The topological polar surface area (TPSA) is 0 Å². The van der Waals surface area contributed by atoms with Crippen molar-refractivity contribution in [2.45, 2.75) is 0 Å². The molecule has 2 heteroatoms. The molecular formula is C36H26Cl2. The highest BCUT2D eigenvalue weighted by Crippen LogP contribution is 2.35. The Morgan fingerprint density at radius 3 is 0.316 bits per heavy atom. The normalized spacial score (nSPS) is 10.7. The van der Waals surface area contributed by atoms with E-state index < -0.39 is 0 Å². The first-order valence-electron chi connectivity index (χ1n) is 12.5. The molecule has 0 saturated carbocycles. The molecule has 0 bridgehead atoms. The van der Waals surface area contributed by atoms with E-state index in [2.05, 4.69) is 146 Å². The summed E-state index contributed by atoms with van der Waals surface area (Å²) in [4.78, 5) is 0. The van der Waals surface area contributed by atoms with Crippen molar-refractivity contribution < 1.29 is 0 Å². The average molecular weight is 530 g/mol. The van der Waals surface area contributed by atoms with Gasteiger partial charge in [0.05, 0.1) is 0 Å². The van der Waals surface area contributed by atoms with Crippen LogP contribution in [0.2, 0.25) is 0 Å². The van der Waals surface area contributed by atoms with E-state index in [0.717, 1.165) is 0 Å². The largest absolute Gasteiger partial charge is 0.147 e. The van der Waals surface area contributed by atoms with Crippen LogP contribution in [-0.4, -0.2) is 0 Å². The van der Waals surface area contributed by atoms with E-state index in [0.29, 0.717) is 0 Å². The molecule has 38 heavy (non-hydrogen) atoms. The van der Waals surface area contributed by atoms with Crippen molar-refractivity contribution >= 4 is 89.4 Å². The minimum atomic E-state index is 0. The lowest BCUT2D eigenvalue weighted by atomic mass is 9.95. The Morgan fingerprint density at radius 1 is 0.158 bits per heavy atom. The Balaban J connectivity index is 0.000000147. The lowest BCUT2D eigenvalue weighted by Gasteiger charge is -2.09.